The van der Waals surface area contributed by atoms with Gasteiger partial charge in [0, 0.05) is 0 Å². The zero-order chi connectivity index (χ0) is 18.8. The summed E-state index contributed by atoms with van der Waals surface area (Å²) >= 11 is 0. The molecule has 0 spiro atoms. The Morgan fingerprint density at radius 3 is 1.54 bits per heavy atom. The summed E-state index contributed by atoms with van der Waals surface area (Å²) in [5, 5.41) is 0. The minimum absolute atomic E-state index is 0.642. The minimum Gasteiger partial charge on any atom is -0.434 e. The molecule has 1 rings (SSSR count). The largest absolute Gasteiger partial charge is 0.434 e. The molecule has 0 heterocycles. The van der Waals surface area contributed by atoms with Crippen LogP contribution in [0.1, 0.15) is 11.1 Å². The lowest BCUT2D eigenvalue weighted by Gasteiger charge is -2.36. The molecule has 0 aliphatic heterocycles. The van der Waals surface area contributed by atoms with Gasteiger partial charge in [0.05, 0.1) is 5.56 Å². The number of benzene rings is 1. The molecule has 1 aromatic rings. The van der Waals surface area contributed by atoms with Crippen molar-refractivity contribution in [3.05, 3.63) is 41.1 Å². The van der Waals surface area contributed by atoms with Gasteiger partial charge in [0.1, 0.15) is 0 Å². The van der Waals surface area contributed by atoms with Gasteiger partial charge in [-0.15, -0.1) is 0 Å². The molecule has 0 aliphatic carbocycles. The van der Waals surface area contributed by atoms with Crippen molar-refractivity contribution in [1.29, 1.82) is 0 Å². The number of rotatable bonds is 6. The topological polar surface area (TPSA) is 18.5 Å². The highest BCUT2D eigenvalue weighted by molar-refractivity contribution is 6.90. The van der Waals surface area contributed by atoms with E-state index in [0.29, 0.717) is 5.56 Å². The van der Waals surface area contributed by atoms with Crippen molar-refractivity contribution in [2.75, 3.05) is 0 Å². The first kappa shape index (κ1) is 21.4. The van der Waals surface area contributed by atoms with E-state index in [-0.39, 0.29) is 0 Å². The van der Waals surface area contributed by atoms with Crippen LogP contribution < -0.4 is 0 Å². The van der Waals surface area contributed by atoms with Crippen LogP contribution in [-0.2, 0) is 14.4 Å². The van der Waals surface area contributed by atoms with E-state index in [4.69, 9.17) is 8.23 Å². The summed E-state index contributed by atoms with van der Waals surface area (Å²) in [6, 6.07) is 5.13. The Bertz CT molecular complexity index is 554. The first-order valence-electron chi connectivity index (χ1n) is 7.87. The van der Waals surface area contributed by atoms with Crippen molar-refractivity contribution in [3.63, 3.8) is 0 Å². The van der Waals surface area contributed by atoms with E-state index < -0.39 is 36.9 Å². The van der Waals surface area contributed by atoms with Crippen molar-refractivity contribution in [2.45, 2.75) is 52.0 Å². The fourth-order valence-corrected chi connectivity index (χ4v) is 13.6. The van der Waals surface area contributed by atoms with Gasteiger partial charge in [0.15, 0.2) is 16.6 Å². The van der Waals surface area contributed by atoms with E-state index in [1.54, 1.807) is 0 Å². The fraction of sp³-hybridized carbons (Fsp3) is 0.500. The Hall–Kier alpha value is -0.679. The smallest absolute Gasteiger partial charge is 0.416 e. The van der Waals surface area contributed by atoms with E-state index in [2.05, 4.69) is 39.3 Å². The summed E-state index contributed by atoms with van der Waals surface area (Å²) in [4.78, 5) is 0. The van der Waals surface area contributed by atoms with E-state index >= 15 is 0 Å². The molecule has 0 N–H and O–H groups in total. The van der Waals surface area contributed by atoms with Gasteiger partial charge in [-0.1, -0.05) is 18.2 Å². The Labute approximate surface area is 146 Å². The van der Waals surface area contributed by atoms with Gasteiger partial charge in [-0.25, -0.2) is 0 Å². The third-order valence-electron chi connectivity index (χ3n) is 2.83. The maximum Gasteiger partial charge on any atom is 0.416 e. The third-order valence-corrected chi connectivity index (χ3v) is 11.7. The molecule has 8 heteroatoms. The standard InChI is InChI=1S/C16H27F3O2Si3/c1-22(2,3)20-24(7,21-23(4,5)6)13-12-14-8-10-15(11-9-14)16(17,18)19/h8-13H,1-7H3/b13-12-. The monoisotopic (exact) mass is 392 g/mol. The van der Waals surface area contributed by atoms with Gasteiger partial charge in [0.2, 0.25) is 0 Å². The predicted molar refractivity (Wildman–Crippen MR) is 101 cm³/mol. The van der Waals surface area contributed by atoms with Gasteiger partial charge in [-0.2, -0.15) is 13.2 Å². The van der Waals surface area contributed by atoms with Crippen LogP contribution in [0.2, 0.25) is 45.8 Å². The average Bonchev–Trinajstić information content (AvgIpc) is 2.31. The SMILES string of the molecule is C[Si](C)(C)O[Si](C)(/C=C\c1ccc(C(F)(F)F)cc1)O[Si](C)(C)C. The van der Waals surface area contributed by atoms with Crippen LogP contribution in [0.25, 0.3) is 6.08 Å². The van der Waals surface area contributed by atoms with Crippen LogP contribution in [0.4, 0.5) is 13.2 Å². The normalized spacial score (nSPS) is 14.4. The van der Waals surface area contributed by atoms with Crippen LogP contribution in [0.3, 0.4) is 0 Å². The third kappa shape index (κ3) is 7.93. The Morgan fingerprint density at radius 1 is 0.792 bits per heavy atom. The molecule has 1 aromatic carbocycles. The number of alkyl halides is 3. The zero-order valence-corrected chi connectivity index (χ0v) is 18.4. The molecular formula is C16H27F3O2Si3. The average molecular weight is 393 g/mol. The fourth-order valence-electron chi connectivity index (χ4n) is 2.34. The summed E-state index contributed by atoms with van der Waals surface area (Å²) in [7, 11) is -6.14. The molecular weight excluding hydrogens is 365 g/mol. The molecule has 136 valence electrons. The molecule has 0 atom stereocenters. The highest BCUT2D eigenvalue weighted by Crippen LogP contribution is 2.29. The first-order valence-corrected chi connectivity index (χ1v) is 17.1. The van der Waals surface area contributed by atoms with Crippen LogP contribution in [0.15, 0.2) is 30.0 Å². The van der Waals surface area contributed by atoms with Gasteiger partial charge in [-0.05, 0) is 69.2 Å². The summed E-state index contributed by atoms with van der Waals surface area (Å²) in [5.41, 5.74) is 2.00. The van der Waals surface area contributed by atoms with Crippen LogP contribution in [0, 0.1) is 0 Å². The lowest BCUT2D eigenvalue weighted by atomic mass is 10.1. The Kier molecular flexibility index (Phi) is 6.48. The quantitative estimate of drug-likeness (QED) is 0.550. The molecule has 0 amide bonds. The van der Waals surface area contributed by atoms with Crippen molar-refractivity contribution in [2.24, 2.45) is 0 Å². The lowest BCUT2D eigenvalue weighted by Crippen LogP contribution is -2.51. The number of halogens is 3. The Morgan fingerprint density at radius 2 is 1.21 bits per heavy atom. The van der Waals surface area contributed by atoms with E-state index in [1.807, 2.05) is 18.3 Å². The summed E-state index contributed by atoms with van der Waals surface area (Å²) in [6.45, 7) is 14.7. The molecule has 0 bridgehead atoms. The minimum atomic E-state index is -4.31. The molecule has 2 nitrogen and oxygen atoms in total. The summed E-state index contributed by atoms with van der Waals surface area (Å²) < 4.78 is 50.5. The number of hydrogen-bond acceptors (Lipinski definition) is 2. The second-order valence-electron chi connectivity index (χ2n) is 7.90. The Balaban J connectivity index is 3.03. The zero-order valence-electron chi connectivity index (χ0n) is 15.4. The second kappa shape index (κ2) is 7.28. The van der Waals surface area contributed by atoms with Crippen molar-refractivity contribution >= 4 is 31.3 Å². The summed E-state index contributed by atoms with van der Waals surface area (Å²) in [5.74, 6) is 0. The maximum atomic E-state index is 12.6. The van der Waals surface area contributed by atoms with Gasteiger partial charge < -0.3 is 8.23 Å². The summed E-state index contributed by atoms with van der Waals surface area (Å²) in [6.07, 6.45) is -2.50. The van der Waals surface area contributed by atoms with Gasteiger partial charge in [-0.3, -0.25) is 0 Å². The second-order valence-corrected chi connectivity index (χ2v) is 20.3. The molecule has 0 aliphatic rings. The van der Waals surface area contributed by atoms with Crippen molar-refractivity contribution in [3.8, 4) is 0 Å². The van der Waals surface area contributed by atoms with Crippen molar-refractivity contribution < 1.29 is 21.4 Å². The molecule has 0 radical (unpaired) electrons. The van der Waals surface area contributed by atoms with Crippen LogP contribution in [0.5, 0.6) is 0 Å². The maximum absolute atomic E-state index is 12.6. The highest BCUT2D eigenvalue weighted by Gasteiger charge is 2.38. The van der Waals surface area contributed by atoms with Crippen molar-refractivity contribution in [1.82, 2.24) is 0 Å². The molecule has 0 aromatic heterocycles. The lowest BCUT2D eigenvalue weighted by molar-refractivity contribution is -0.137. The van der Waals surface area contributed by atoms with E-state index in [1.165, 1.54) is 12.1 Å². The van der Waals surface area contributed by atoms with Gasteiger partial charge >= 0.3 is 14.7 Å². The molecule has 0 unspecified atom stereocenters. The van der Waals surface area contributed by atoms with Gasteiger partial charge in [0.25, 0.3) is 0 Å². The van der Waals surface area contributed by atoms with Crippen LogP contribution in [-0.4, -0.2) is 25.2 Å². The molecule has 0 fully saturated rings. The first-order chi connectivity index (χ1) is 10.6. The van der Waals surface area contributed by atoms with E-state index in [9.17, 15) is 13.2 Å². The molecule has 24 heavy (non-hydrogen) atoms. The molecule has 0 saturated heterocycles. The predicted octanol–water partition coefficient (Wildman–Crippen LogP) is 6.03. The van der Waals surface area contributed by atoms with E-state index in [0.717, 1.165) is 12.1 Å². The number of hydrogen-bond donors (Lipinski definition) is 0. The molecule has 0 saturated carbocycles. The van der Waals surface area contributed by atoms with Crippen LogP contribution >= 0.6 is 0 Å². The highest BCUT2D eigenvalue weighted by atomic mass is 28.5.